The summed E-state index contributed by atoms with van der Waals surface area (Å²) in [5.74, 6) is 1.45. The first-order chi connectivity index (χ1) is 11.1. The number of aliphatic hydroxyl groups excluding tert-OH is 1. The minimum atomic E-state index is -0.191. The van der Waals surface area contributed by atoms with Crippen LogP contribution in [0.5, 0.6) is 0 Å². The number of aliphatic hydroxyl groups is 1. The van der Waals surface area contributed by atoms with E-state index in [2.05, 4.69) is 15.4 Å². The zero-order valence-corrected chi connectivity index (χ0v) is 13.4. The zero-order chi connectivity index (χ0) is 16.4. The van der Waals surface area contributed by atoms with Crippen molar-refractivity contribution in [3.8, 4) is 5.69 Å². The van der Waals surface area contributed by atoms with E-state index in [4.69, 9.17) is 0 Å². The van der Waals surface area contributed by atoms with Crippen LogP contribution in [0.3, 0.4) is 0 Å². The van der Waals surface area contributed by atoms with Crippen molar-refractivity contribution in [3.05, 3.63) is 35.9 Å². The van der Waals surface area contributed by atoms with Crippen LogP contribution in [0.1, 0.15) is 24.5 Å². The Kier molecular flexibility index (Phi) is 4.29. The first-order valence-electron chi connectivity index (χ1n) is 7.78. The number of rotatable bonds is 3. The van der Waals surface area contributed by atoms with Crippen LogP contribution in [0, 0.1) is 13.8 Å². The molecule has 2 heterocycles. The van der Waals surface area contributed by atoms with Gasteiger partial charge in [0.05, 0.1) is 24.0 Å². The molecule has 1 atom stereocenters. The monoisotopic (exact) mass is 315 g/mol. The summed E-state index contributed by atoms with van der Waals surface area (Å²) in [7, 11) is 0. The van der Waals surface area contributed by atoms with E-state index in [1.807, 2.05) is 38.1 Å². The number of carbonyl (C=O) groups is 1. The molecular formula is C16H21N5O2. The number of nitrogens with zero attached hydrogens (tertiary/aromatic N) is 4. The SMILES string of the molecule is Cc1nc(C)n(-c2ccccc2NC(=O)N2CCC[C@@H]2CO)n1. The summed E-state index contributed by atoms with van der Waals surface area (Å²) in [5, 5.41) is 16.7. The molecule has 1 aliphatic heterocycles. The van der Waals surface area contributed by atoms with Gasteiger partial charge in [0.2, 0.25) is 0 Å². The highest BCUT2D eigenvalue weighted by Gasteiger charge is 2.28. The lowest BCUT2D eigenvalue weighted by Gasteiger charge is -2.24. The number of anilines is 1. The van der Waals surface area contributed by atoms with E-state index >= 15 is 0 Å². The van der Waals surface area contributed by atoms with E-state index in [9.17, 15) is 9.90 Å². The van der Waals surface area contributed by atoms with Gasteiger partial charge >= 0.3 is 6.03 Å². The number of hydrogen-bond acceptors (Lipinski definition) is 4. The van der Waals surface area contributed by atoms with Crippen LogP contribution in [0.15, 0.2) is 24.3 Å². The Labute approximate surface area is 134 Å². The van der Waals surface area contributed by atoms with E-state index in [1.54, 1.807) is 9.58 Å². The van der Waals surface area contributed by atoms with E-state index in [0.29, 0.717) is 18.1 Å². The molecule has 0 saturated carbocycles. The van der Waals surface area contributed by atoms with Gasteiger partial charge < -0.3 is 15.3 Å². The van der Waals surface area contributed by atoms with Crippen LogP contribution >= 0.6 is 0 Å². The van der Waals surface area contributed by atoms with Gasteiger partial charge in [-0.25, -0.2) is 14.5 Å². The quantitative estimate of drug-likeness (QED) is 0.906. The van der Waals surface area contributed by atoms with E-state index in [-0.39, 0.29) is 18.7 Å². The molecule has 1 aromatic carbocycles. The van der Waals surface area contributed by atoms with Crippen LogP contribution in [0.4, 0.5) is 10.5 Å². The lowest BCUT2D eigenvalue weighted by Crippen LogP contribution is -2.40. The summed E-state index contributed by atoms with van der Waals surface area (Å²) >= 11 is 0. The molecule has 23 heavy (non-hydrogen) atoms. The fourth-order valence-electron chi connectivity index (χ4n) is 2.99. The molecule has 0 aliphatic carbocycles. The van der Waals surface area contributed by atoms with Gasteiger partial charge in [-0.15, -0.1) is 0 Å². The zero-order valence-electron chi connectivity index (χ0n) is 13.4. The van der Waals surface area contributed by atoms with E-state index < -0.39 is 0 Å². The van der Waals surface area contributed by atoms with Crippen molar-refractivity contribution >= 4 is 11.7 Å². The Balaban J connectivity index is 1.86. The standard InChI is InChI=1S/C16H21N5O2/c1-11-17-12(2)21(19-11)15-8-4-3-7-14(15)18-16(23)20-9-5-6-13(20)10-22/h3-4,7-8,13,22H,5-6,9-10H2,1-2H3,(H,18,23)/t13-/m1/s1. The lowest BCUT2D eigenvalue weighted by atomic mass is 10.2. The highest BCUT2D eigenvalue weighted by Crippen LogP contribution is 2.23. The van der Waals surface area contributed by atoms with Gasteiger partial charge in [0.15, 0.2) is 0 Å². The number of urea groups is 1. The summed E-state index contributed by atoms with van der Waals surface area (Å²) in [6, 6.07) is 7.21. The van der Waals surface area contributed by atoms with Crippen molar-refractivity contribution in [3.63, 3.8) is 0 Å². The fourth-order valence-corrected chi connectivity index (χ4v) is 2.99. The van der Waals surface area contributed by atoms with Crippen molar-refractivity contribution in [1.29, 1.82) is 0 Å². The second-order valence-electron chi connectivity index (χ2n) is 5.74. The molecule has 2 amide bonds. The molecule has 0 radical (unpaired) electrons. The maximum Gasteiger partial charge on any atom is 0.322 e. The van der Waals surface area contributed by atoms with Gasteiger partial charge in [-0.3, -0.25) is 0 Å². The molecule has 122 valence electrons. The van der Waals surface area contributed by atoms with Crippen molar-refractivity contribution in [1.82, 2.24) is 19.7 Å². The second-order valence-corrected chi connectivity index (χ2v) is 5.74. The molecule has 2 N–H and O–H groups in total. The Bertz CT molecular complexity index is 712. The van der Waals surface area contributed by atoms with Gasteiger partial charge in [-0.1, -0.05) is 12.1 Å². The fraction of sp³-hybridized carbons (Fsp3) is 0.438. The molecular weight excluding hydrogens is 294 g/mol. The molecule has 7 nitrogen and oxygen atoms in total. The predicted molar refractivity (Wildman–Crippen MR) is 86.7 cm³/mol. The van der Waals surface area contributed by atoms with Crippen molar-refractivity contribution in [2.24, 2.45) is 0 Å². The summed E-state index contributed by atoms with van der Waals surface area (Å²) in [5.41, 5.74) is 1.45. The summed E-state index contributed by atoms with van der Waals surface area (Å²) in [6.07, 6.45) is 1.76. The van der Waals surface area contributed by atoms with Crippen molar-refractivity contribution in [2.75, 3.05) is 18.5 Å². The van der Waals surface area contributed by atoms with Crippen molar-refractivity contribution < 1.29 is 9.90 Å². The molecule has 1 aliphatic rings. The van der Waals surface area contributed by atoms with Crippen molar-refractivity contribution in [2.45, 2.75) is 32.7 Å². The third-order valence-corrected chi connectivity index (χ3v) is 4.10. The second kappa shape index (κ2) is 6.37. The van der Waals surface area contributed by atoms with Crippen LogP contribution < -0.4 is 5.32 Å². The van der Waals surface area contributed by atoms with E-state index in [1.165, 1.54) is 0 Å². The number of hydrogen-bond donors (Lipinski definition) is 2. The number of benzene rings is 1. The number of likely N-dealkylation sites (tertiary alicyclic amines) is 1. The first-order valence-corrected chi connectivity index (χ1v) is 7.78. The van der Waals surface area contributed by atoms with E-state index in [0.717, 1.165) is 24.4 Å². The Morgan fingerprint density at radius 2 is 2.17 bits per heavy atom. The molecule has 1 aromatic heterocycles. The maximum absolute atomic E-state index is 12.5. The van der Waals surface area contributed by atoms with Gasteiger partial charge in [-0.05, 0) is 38.8 Å². The molecule has 2 aromatic rings. The smallest absolute Gasteiger partial charge is 0.322 e. The maximum atomic E-state index is 12.5. The minimum absolute atomic E-state index is 0.00353. The molecule has 0 spiro atoms. The number of aryl methyl sites for hydroxylation is 2. The molecule has 0 unspecified atom stereocenters. The Hall–Kier alpha value is -2.41. The number of para-hydroxylation sites is 2. The van der Waals surface area contributed by atoms with Crippen LogP contribution in [0.2, 0.25) is 0 Å². The summed E-state index contributed by atoms with van der Waals surface area (Å²) in [6.45, 7) is 4.37. The van der Waals surface area contributed by atoms with Crippen LogP contribution in [-0.4, -0.2) is 50.0 Å². The Morgan fingerprint density at radius 3 is 2.87 bits per heavy atom. The van der Waals surface area contributed by atoms with Gasteiger partial charge in [0.1, 0.15) is 11.6 Å². The highest BCUT2D eigenvalue weighted by molar-refractivity contribution is 5.92. The highest BCUT2D eigenvalue weighted by atomic mass is 16.3. The predicted octanol–water partition coefficient (Wildman–Crippen LogP) is 1.87. The normalized spacial score (nSPS) is 17.5. The average Bonchev–Trinajstić information content (AvgIpc) is 3.13. The number of nitrogens with one attached hydrogen (secondary N) is 1. The van der Waals surface area contributed by atoms with Crippen LogP contribution in [0.25, 0.3) is 5.69 Å². The topological polar surface area (TPSA) is 83.3 Å². The molecule has 0 bridgehead atoms. The third kappa shape index (κ3) is 3.05. The Morgan fingerprint density at radius 1 is 1.39 bits per heavy atom. The van der Waals surface area contributed by atoms with Gasteiger partial charge in [0.25, 0.3) is 0 Å². The number of aromatic nitrogens is 3. The summed E-state index contributed by atoms with van der Waals surface area (Å²) in [4.78, 5) is 18.5. The summed E-state index contributed by atoms with van der Waals surface area (Å²) < 4.78 is 1.72. The van der Waals surface area contributed by atoms with Gasteiger partial charge in [0, 0.05) is 6.54 Å². The molecule has 7 heteroatoms. The minimum Gasteiger partial charge on any atom is -0.394 e. The average molecular weight is 315 g/mol. The number of amides is 2. The molecule has 3 rings (SSSR count). The molecule has 1 fully saturated rings. The van der Waals surface area contributed by atoms with Crippen LogP contribution in [-0.2, 0) is 0 Å². The third-order valence-electron chi connectivity index (χ3n) is 4.10. The lowest BCUT2D eigenvalue weighted by molar-refractivity contribution is 0.166. The number of carbonyl (C=O) groups excluding carboxylic acids is 1. The largest absolute Gasteiger partial charge is 0.394 e. The molecule has 1 saturated heterocycles. The first kappa shape index (κ1) is 15.5. The van der Waals surface area contributed by atoms with Gasteiger partial charge in [-0.2, -0.15) is 5.10 Å².